The molecule has 0 saturated carbocycles. The lowest BCUT2D eigenvalue weighted by atomic mass is 10.0. The summed E-state index contributed by atoms with van der Waals surface area (Å²) in [4.78, 5) is 40.5. The summed E-state index contributed by atoms with van der Waals surface area (Å²) >= 11 is 0. The van der Waals surface area contributed by atoms with Crippen LogP contribution in [-0.4, -0.2) is 59.7 Å². The molecule has 2 saturated heterocycles. The van der Waals surface area contributed by atoms with E-state index in [0.717, 1.165) is 30.8 Å². The number of rotatable bonds is 5. The van der Waals surface area contributed by atoms with Gasteiger partial charge in [0.15, 0.2) is 0 Å². The highest BCUT2D eigenvalue weighted by Gasteiger charge is 2.39. The number of nitrogens with one attached hydrogen (secondary N) is 2. The number of fused-ring (bicyclic) bond motifs is 1. The van der Waals surface area contributed by atoms with E-state index >= 15 is 0 Å². The van der Waals surface area contributed by atoms with Crippen LogP contribution in [0.3, 0.4) is 0 Å². The Morgan fingerprint density at radius 1 is 1.18 bits per heavy atom. The van der Waals surface area contributed by atoms with Crippen LogP contribution in [0.5, 0.6) is 0 Å². The number of nitrogens with zero attached hydrogens (tertiary/aromatic N) is 2. The van der Waals surface area contributed by atoms with Crippen molar-refractivity contribution in [1.82, 2.24) is 20.4 Å². The third-order valence-electron chi connectivity index (χ3n) is 6.06. The monoisotopic (exact) mass is 384 g/mol. The first-order chi connectivity index (χ1) is 13.5. The van der Waals surface area contributed by atoms with Crippen LogP contribution in [0.2, 0.25) is 0 Å². The van der Waals surface area contributed by atoms with Gasteiger partial charge >= 0.3 is 0 Å². The molecule has 2 atom stereocenters. The molecule has 28 heavy (non-hydrogen) atoms. The molecule has 2 fully saturated rings. The molecule has 3 aliphatic heterocycles. The summed E-state index contributed by atoms with van der Waals surface area (Å²) in [6.07, 6.45) is 4.42. The van der Waals surface area contributed by atoms with Gasteiger partial charge in [0.1, 0.15) is 6.04 Å². The van der Waals surface area contributed by atoms with E-state index in [1.165, 1.54) is 19.3 Å². The Bertz CT molecular complexity index is 788. The van der Waals surface area contributed by atoms with Crippen molar-refractivity contribution in [3.8, 4) is 0 Å². The number of hydrogen-bond donors (Lipinski definition) is 2. The number of carbonyl (C=O) groups excluding carboxylic acids is 3. The second-order valence-corrected chi connectivity index (χ2v) is 8.19. The number of hydrogen-bond acceptors (Lipinski definition) is 5. The zero-order valence-electron chi connectivity index (χ0n) is 16.4. The highest BCUT2D eigenvalue weighted by molar-refractivity contribution is 6.05. The smallest absolute Gasteiger partial charge is 0.255 e. The quantitative estimate of drug-likeness (QED) is 0.741. The second kappa shape index (κ2) is 8.01. The normalized spacial score (nSPS) is 25.2. The van der Waals surface area contributed by atoms with Crippen molar-refractivity contribution in [3.05, 3.63) is 34.9 Å². The van der Waals surface area contributed by atoms with E-state index in [2.05, 4.69) is 28.6 Å². The van der Waals surface area contributed by atoms with Crippen LogP contribution in [0.1, 0.15) is 53.6 Å². The summed E-state index contributed by atoms with van der Waals surface area (Å²) in [6.45, 7) is 3.28. The molecule has 1 aromatic rings. The first-order valence-electron chi connectivity index (χ1n) is 10.2. The molecule has 3 heterocycles. The van der Waals surface area contributed by atoms with Gasteiger partial charge in [0.25, 0.3) is 5.91 Å². The van der Waals surface area contributed by atoms with Gasteiger partial charge < -0.3 is 15.1 Å². The SMILES string of the molecule is CN(Cc1cccc2c1CN(C1CCC(=O)NC1=O)C2=O)C[C@@H]1CCCCN1. The first kappa shape index (κ1) is 19.1. The van der Waals surface area contributed by atoms with Crippen molar-refractivity contribution in [1.29, 1.82) is 0 Å². The van der Waals surface area contributed by atoms with Crippen LogP contribution < -0.4 is 10.6 Å². The number of carbonyl (C=O) groups is 3. The van der Waals surface area contributed by atoms with Gasteiger partial charge in [-0.3, -0.25) is 19.7 Å². The molecule has 0 aliphatic carbocycles. The minimum atomic E-state index is -0.561. The number of imide groups is 1. The zero-order valence-corrected chi connectivity index (χ0v) is 16.4. The maximum absolute atomic E-state index is 12.9. The van der Waals surface area contributed by atoms with E-state index in [1.54, 1.807) is 4.90 Å². The van der Waals surface area contributed by atoms with Gasteiger partial charge in [0, 0.05) is 37.7 Å². The summed E-state index contributed by atoms with van der Waals surface area (Å²) in [7, 11) is 2.12. The summed E-state index contributed by atoms with van der Waals surface area (Å²) in [5.41, 5.74) is 2.84. The Hall–Kier alpha value is -2.25. The predicted octanol–water partition coefficient (Wildman–Crippen LogP) is 1.02. The average Bonchev–Trinajstić information content (AvgIpc) is 3.00. The number of piperidine rings is 2. The molecular weight excluding hydrogens is 356 g/mol. The maximum atomic E-state index is 12.9. The van der Waals surface area contributed by atoms with Crippen molar-refractivity contribution in [3.63, 3.8) is 0 Å². The predicted molar refractivity (Wildman–Crippen MR) is 104 cm³/mol. The van der Waals surface area contributed by atoms with E-state index in [9.17, 15) is 14.4 Å². The van der Waals surface area contributed by atoms with E-state index in [0.29, 0.717) is 24.6 Å². The molecular formula is C21H28N4O3. The van der Waals surface area contributed by atoms with Crippen LogP contribution in [0.25, 0.3) is 0 Å². The van der Waals surface area contributed by atoms with Crippen LogP contribution in [0.4, 0.5) is 0 Å². The van der Waals surface area contributed by atoms with Gasteiger partial charge in [-0.2, -0.15) is 0 Å². The van der Waals surface area contributed by atoms with Gasteiger partial charge in [0.2, 0.25) is 11.8 Å². The molecule has 1 unspecified atom stereocenters. The van der Waals surface area contributed by atoms with Crippen molar-refractivity contribution >= 4 is 17.7 Å². The summed E-state index contributed by atoms with van der Waals surface area (Å²) in [6, 6.07) is 5.81. The fourth-order valence-corrected chi connectivity index (χ4v) is 4.61. The molecule has 3 aliphatic rings. The Labute approximate surface area is 165 Å². The Morgan fingerprint density at radius 2 is 2.04 bits per heavy atom. The minimum absolute atomic E-state index is 0.108. The van der Waals surface area contributed by atoms with Gasteiger partial charge in [-0.15, -0.1) is 0 Å². The number of benzene rings is 1. The molecule has 150 valence electrons. The van der Waals surface area contributed by atoms with Crippen LogP contribution in [0, 0.1) is 0 Å². The highest BCUT2D eigenvalue weighted by Crippen LogP contribution is 2.30. The molecule has 7 heteroatoms. The fraction of sp³-hybridized carbons (Fsp3) is 0.571. The standard InChI is InChI=1S/C21H28N4O3/c1-24(12-15-6-2-3-10-22-15)11-14-5-4-7-16-17(14)13-25(21(16)28)18-8-9-19(26)23-20(18)27/h4-5,7,15,18,22H,2-3,6,8-13H2,1H3,(H,23,26,27)/t15-,18?/m0/s1. The van der Waals surface area contributed by atoms with Crippen molar-refractivity contribution in [2.75, 3.05) is 20.1 Å². The lowest BCUT2D eigenvalue weighted by Crippen LogP contribution is -2.52. The topological polar surface area (TPSA) is 81.8 Å². The van der Waals surface area contributed by atoms with E-state index in [-0.39, 0.29) is 24.1 Å². The largest absolute Gasteiger partial charge is 0.322 e. The molecule has 0 radical (unpaired) electrons. The van der Waals surface area contributed by atoms with Gasteiger partial charge in [-0.05, 0) is 50.0 Å². The summed E-state index contributed by atoms with van der Waals surface area (Å²) in [5, 5.41) is 5.94. The molecule has 7 nitrogen and oxygen atoms in total. The molecule has 2 N–H and O–H groups in total. The van der Waals surface area contributed by atoms with Crippen LogP contribution >= 0.6 is 0 Å². The Morgan fingerprint density at radius 3 is 2.79 bits per heavy atom. The second-order valence-electron chi connectivity index (χ2n) is 8.19. The van der Waals surface area contributed by atoms with Crippen molar-refractivity contribution < 1.29 is 14.4 Å². The van der Waals surface area contributed by atoms with E-state index < -0.39 is 6.04 Å². The van der Waals surface area contributed by atoms with Crippen LogP contribution in [0.15, 0.2) is 18.2 Å². The molecule has 3 amide bonds. The van der Waals surface area contributed by atoms with Crippen LogP contribution in [-0.2, 0) is 22.7 Å². The first-order valence-corrected chi connectivity index (χ1v) is 10.2. The molecule has 0 bridgehead atoms. The van der Waals surface area contributed by atoms with Gasteiger partial charge in [-0.1, -0.05) is 18.6 Å². The Kier molecular flexibility index (Phi) is 5.46. The third kappa shape index (κ3) is 3.82. The van der Waals surface area contributed by atoms with Crippen molar-refractivity contribution in [2.45, 2.75) is 57.3 Å². The zero-order chi connectivity index (χ0) is 19.7. The third-order valence-corrected chi connectivity index (χ3v) is 6.06. The highest BCUT2D eigenvalue weighted by atomic mass is 16.2. The van der Waals surface area contributed by atoms with Gasteiger partial charge in [-0.25, -0.2) is 0 Å². The minimum Gasteiger partial charge on any atom is -0.322 e. The lowest BCUT2D eigenvalue weighted by Gasteiger charge is -2.29. The molecule has 0 spiro atoms. The van der Waals surface area contributed by atoms with Crippen molar-refractivity contribution in [2.24, 2.45) is 0 Å². The molecule has 4 rings (SSSR count). The average molecular weight is 384 g/mol. The Balaban J connectivity index is 1.46. The number of amides is 3. The molecule has 0 aromatic heterocycles. The van der Waals surface area contributed by atoms with E-state index in [4.69, 9.17) is 0 Å². The lowest BCUT2D eigenvalue weighted by molar-refractivity contribution is -0.136. The number of likely N-dealkylation sites (N-methyl/N-ethyl adjacent to an activating group) is 1. The molecule has 1 aromatic carbocycles. The van der Waals surface area contributed by atoms with Gasteiger partial charge in [0.05, 0.1) is 0 Å². The fourth-order valence-electron chi connectivity index (χ4n) is 4.61. The van der Waals surface area contributed by atoms with E-state index in [1.807, 2.05) is 12.1 Å². The maximum Gasteiger partial charge on any atom is 0.255 e. The summed E-state index contributed by atoms with van der Waals surface area (Å²) in [5.74, 6) is -0.730. The summed E-state index contributed by atoms with van der Waals surface area (Å²) < 4.78 is 0.